The first-order valence-electron chi connectivity index (χ1n) is 39.6. The molecule has 548 valence electrons. The molecule has 0 atom stereocenters. The molecule has 3 saturated heterocycles. The number of unbranched alkanes of at least 4 members (excludes halogenated alkanes) is 45. The van der Waals surface area contributed by atoms with Gasteiger partial charge in [0.1, 0.15) is 18.7 Å². The van der Waals surface area contributed by atoms with Gasteiger partial charge in [-0.25, -0.2) is 0 Å². The van der Waals surface area contributed by atoms with E-state index in [1.54, 1.807) is 0 Å². The fourth-order valence-corrected chi connectivity index (χ4v) is 11.8. The Morgan fingerprint density at radius 2 is 0.538 bits per heavy atom. The average Bonchev–Trinajstić information content (AvgIpc) is 2.65. The van der Waals surface area contributed by atoms with Gasteiger partial charge in [-0.15, -0.1) is 4.79 Å². The first-order chi connectivity index (χ1) is 45.5. The van der Waals surface area contributed by atoms with Crippen LogP contribution in [0.15, 0.2) is 6.08 Å². The van der Waals surface area contributed by atoms with Gasteiger partial charge in [-0.3, -0.25) is 38.8 Å². The number of Topliss-reactive ketones (excluding diaryl/α,β-unsaturated/α-hetero) is 2. The lowest BCUT2D eigenvalue weighted by molar-refractivity contribution is -0.143. The number of ether oxygens (including phenoxy) is 3. The predicted molar refractivity (Wildman–Crippen MR) is 394 cm³/mol. The second kappa shape index (κ2) is 76.5. The smallest absolute Gasteiger partial charge is 0.469 e. The fourth-order valence-electron chi connectivity index (χ4n) is 11.8. The summed E-state index contributed by atoms with van der Waals surface area (Å²) in [5.74, 6) is -0.00314. The highest BCUT2D eigenvalue weighted by Gasteiger charge is 2.25. The third-order valence-electron chi connectivity index (χ3n) is 18.5. The maximum Gasteiger partial charge on any atom is 0.483 e. The van der Waals surface area contributed by atoms with Crippen molar-refractivity contribution < 1.29 is 38.2 Å². The van der Waals surface area contributed by atoms with Crippen LogP contribution >= 0.6 is 0 Å². The molecular weight excluding hydrogens is 1160 g/mol. The van der Waals surface area contributed by atoms with E-state index in [2.05, 4.69) is 66.5 Å². The van der Waals surface area contributed by atoms with Gasteiger partial charge in [0.2, 0.25) is 6.08 Å². The zero-order chi connectivity index (χ0) is 68.4. The summed E-state index contributed by atoms with van der Waals surface area (Å²) in [6, 6.07) is 0. The fraction of sp³-hybridized carbons (Fsp3) is 0.911. The van der Waals surface area contributed by atoms with E-state index in [-0.39, 0.29) is 11.9 Å². The van der Waals surface area contributed by atoms with Gasteiger partial charge in [0, 0.05) is 51.9 Å². The largest absolute Gasteiger partial charge is 0.483 e. The van der Waals surface area contributed by atoms with Gasteiger partial charge in [0.15, 0.2) is 0 Å². The number of carbonyl (C=O) groups excluding carboxylic acids is 5. The Hall–Kier alpha value is -2.84. The van der Waals surface area contributed by atoms with E-state index < -0.39 is 5.97 Å². The number of hydrogen-bond acceptors (Lipinski definition) is 14. The third-order valence-corrected chi connectivity index (χ3v) is 18.5. The number of nitrogens with one attached hydrogen (secondary N) is 1. The SMILES string of the molecule is C1CNC1.CCCCCCCCCCCCCCCCCCC(=O)CCN1CN(CCC(=O)CCCCCCCCCCCCCCCCCC)C1.CCCCCCCCCCCCCCCCCCN.COC(=O)CCN1CN(CCC(=O)OC)C1.[CH+]=CC(=O)OC. The van der Waals surface area contributed by atoms with E-state index in [0.717, 1.165) is 78.1 Å². The number of rotatable bonds is 63. The van der Waals surface area contributed by atoms with Crippen molar-refractivity contribution in [1.29, 1.82) is 0 Å². The van der Waals surface area contributed by atoms with Gasteiger partial charge in [-0.1, -0.05) is 310 Å². The Kier molecular flexibility index (Phi) is 75.9. The van der Waals surface area contributed by atoms with Crippen LogP contribution in [0.2, 0.25) is 0 Å². The Bertz CT molecular complexity index is 1510. The van der Waals surface area contributed by atoms with E-state index in [0.29, 0.717) is 50.3 Å². The highest BCUT2D eigenvalue weighted by Crippen LogP contribution is 2.19. The first-order valence-corrected chi connectivity index (χ1v) is 39.6. The summed E-state index contributed by atoms with van der Waals surface area (Å²) in [6.45, 7) is 21.6. The summed E-state index contributed by atoms with van der Waals surface area (Å²) in [5, 5.41) is 3.11. The van der Waals surface area contributed by atoms with Crippen LogP contribution in [0.5, 0.6) is 0 Å². The minimum absolute atomic E-state index is 0.187. The van der Waals surface area contributed by atoms with Crippen molar-refractivity contribution in [2.45, 2.75) is 374 Å². The Morgan fingerprint density at radius 1 is 0.333 bits per heavy atom. The maximum atomic E-state index is 12.3. The Balaban J connectivity index is 0. The first kappa shape index (κ1) is 92.2. The van der Waals surface area contributed by atoms with Crippen molar-refractivity contribution in [3.63, 3.8) is 0 Å². The summed E-state index contributed by atoms with van der Waals surface area (Å²) >= 11 is 0. The molecule has 0 saturated carbocycles. The summed E-state index contributed by atoms with van der Waals surface area (Å²) in [7, 11) is 4.05. The molecule has 0 aromatic rings. The van der Waals surface area contributed by atoms with E-state index in [1.807, 2.05) is 0 Å². The molecule has 93 heavy (non-hydrogen) atoms. The van der Waals surface area contributed by atoms with Crippen LogP contribution < -0.4 is 11.1 Å². The van der Waals surface area contributed by atoms with Crippen LogP contribution in [0.4, 0.5) is 0 Å². The molecule has 3 fully saturated rings. The molecule has 14 nitrogen and oxygen atoms in total. The zero-order valence-electron chi connectivity index (χ0n) is 62.5. The molecule has 3 heterocycles. The molecule has 14 heteroatoms. The Labute approximate surface area is 576 Å². The highest BCUT2D eigenvalue weighted by atomic mass is 16.5. The summed E-state index contributed by atoms with van der Waals surface area (Å²) in [5.41, 5.74) is 5.48. The molecule has 0 unspecified atom stereocenters. The molecule has 0 amide bonds. The lowest BCUT2D eigenvalue weighted by atomic mass is 10.0. The molecular formula is C79H155N6O8+. The van der Waals surface area contributed by atoms with Gasteiger partial charge in [0.25, 0.3) is 0 Å². The molecule has 0 radical (unpaired) electrons. The lowest BCUT2D eigenvalue weighted by Crippen LogP contribution is -2.55. The Morgan fingerprint density at radius 3 is 0.710 bits per heavy atom. The molecule has 3 rings (SSSR count). The standard InChI is InChI=1S/C44H86N2O2.C18H39N.C10H18N2O4.C4H5O2.C3H7N/c1-3-5-7-9-11-13-15-17-19-21-23-25-27-29-31-33-35-43(47)37-39-45-41-46(42-45)40-38-44(48)36-34-32-30-28-26-24-22-20-18-16-14-12-10-8-6-4-2;1-2-3-4-5-6-7-8-9-10-11-12-13-14-15-16-17-18-19;1-15-9(13)3-5-11-7-12(8-11)6-4-10(14)16-2;1-3-4(5)6-2;1-2-4-3-1/h3-42H2,1-2H3;2-19H2,1H3;3-8H2,1-2H3;1,3H,2H3;4H,1-3H2/q;;;+1;. The predicted octanol–water partition coefficient (Wildman–Crippen LogP) is 19.7. The number of carbonyl (C=O) groups is 5. The molecule has 3 aliphatic heterocycles. The van der Waals surface area contributed by atoms with Crippen LogP contribution in [0.25, 0.3) is 0 Å². The molecule has 0 bridgehead atoms. The third kappa shape index (κ3) is 71.8. The van der Waals surface area contributed by atoms with Crippen molar-refractivity contribution in [3.8, 4) is 0 Å². The molecule has 3 N–H and O–H groups in total. The molecule has 0 aromatic carbocycles. The lowest BCUT2D eigenvalue weighted by Gasteiger charge is -2.42. The van der Waals surface area contributed by atoms with Gasteiger partial charge < -0.3 is 25.3 Å². The van der Waals surface area contributed by atoms with E-state index in [4.69, 9.17) is 5.73 Å². The van der Waals surface area contributed by atoms with E-state index in [1.165, 1.54) is 336 Å². The van der Waals surface area contributed by atoms with Crippen LogP contribution in [0, 0.1) is 6.58 Å². The van der Waals surface area contributed by atoms with Gasteiger partial charge in [-0.2, -0.15) is 0 Å². The summed E-state index contributed by atoms with van der Waals surface area (Å²) < 4.78 is 13.2. The summed E-state index contributed by atoms with van der Waals surface area (Å²) in [4.78, 5) is 65.1. The van der Waals surface area contributed by atoms with Crippen molar-refractivity contribution in [2.24, 2.45) is 5.73 Å². The quantitative estimate of drug-likeness (QED) is 0.0194. The highest BCUT2D eigenvalue weighted by molar-refractivity contribution is 5.80. The second-order valence-corrected chi connectivity index (χ2v) is 27.4. The topological polar surface area (TPSA) is 164 Å². The molecule has 3 aliphatic rings. The molecule has 0 aliphatic carbocycles. The van der Waals surface area contributed by atoms with Crippen LogP contribution in [-0.4, -0.2) is 143 Å². The summed E-state index contributed by atoms with van der Waals surface area (Å²) in [6.07, 6.45) is 72.8. The average molecular weight is 1320 g/mol. The zero-order valence-corrected chi connectivity index (χ0v) is 62.5. The maximum absolute atomic E-state index is 12.3. The number of esters is 3. The van der Waals surface area contributed by atoms with Crippen LogP contribution in [0.3, 0.4) is 0 Å². The van der Waals surface area contributed by atoms with E-state index >= 15 is 0 Å². The number of nitrogens with zero attached hydrogens (tertiary/aromatic N) is 4. The van der Waals surface area contributed by atoms with Crippen molar-refractivity contribution >= 4 is 29.5 Å². The van der Waals surface area contributed by atoms with Crippen molar-refractivity contribution in [2.75, 3.05) is 93.8 Å². The van der Waals surface area contributed by atoms with Gasteiger partial charge in [-0.05, 0) is 45.3 Å². The minimum atomic E-state index is -0.505. The number of hydrogen-bond donors (Lipinski definition) is 2. The van der Waals surface area contributed by atoms with Crippen LogP contribution in [-0.2, 0) is 38.2 Å². The number of nitrogens with two attached hydrogens (primary N) is 1. The number of methoxy groups -OCH3 is 3. The van der Waals surface area contributed by atoms with Gasteiger partial charge >= 0.3 is 17.9 Å². The number of ketones is 2. The molecule has 0 spiro atoms. The second-order valence-electron chi connectivity index (χ2n) is 27.4. The van der Waals surface area contributed by atoms with Gasteiger partial charge in [0.05, 0.1) is 60.3 Å². The molecule has 0 aromatic heterocycles. The minimum Gasteiger partial charge on any atom is -0.469 e. The van der Waals surface area contributed by atoms with Crippen molar-refractivity contribution in [3.05, 3.63) is 12.7 Å². The van der Waals surface area contributed by atoms with Crippen molar-refractivity contribution in [1.82, 2.24) is 24.9 Å². The monoisotopic (exact) mass is 1320 g/mol. The normalized spacial score (nSPS) is 13.7. The van der Waals surface area contributed by atoms with E-state index in [9.17, 15) is 24.0 Å². The van der Waals surface area contributed by atoms with Crippen LogP contribution in [0.1, 0.15) is 374 Å².